The average molecular weight is 268 g/mol. The quantitative estimate of drug-likeness (QED) is 0.903. The van der Waals surface area contributed by atoms with Crippen molar-refractivity contribution in [2.24, 2.45) is 5.92 Å². The van der Waals surface area contributed by atoms with E-state index < -0.39 is 0 Å². The van der Waals surface area contributed by atoms with Gasteiger partial charge in [0.1, 0.15) is 11.6 Å². The number of hydrogen-bond acceptors (Lipinski definition) is 2. The molecule has 1 aromatic rings. The van der Waals surface area contributed by atoms with Gasteiger partial charge in [-0.2, -0.15) is 0 Å². The molecule has 0 aromatic heterocycles. The van der Waals surface area contributed by atoms with Crippen LogP contribution in [0.2, 0.25) is 0 Å². The zero-order valence-corrected chi connectivity index (χ0v) is 11.6. The summed E-state index contributed by atoms with van der Waals surface area (Å²) in [4.78, 5) is 2.11. The maximum Gasteiger partial charge on any atom is 0.128 e. The van der Waals surface area contributed by atoms with E-state index in [1.54, 1.807) is 0 Å². The number of hydrogen-bond donors (Lipinski definition) is 1. The molecule has 1 aliphatic rings. The van der Waals surface area contributed by atoms with Gasteiger partial charge in [-0.05, 0) is 64.0 Å². The van der Waals surface area contributed by atoms with Crippen LogP contribution in [0.3, 0.4) is 0 Å². The summed E-state index contributed by atoms with van der Waals surface area (Å²) in [6.45, 7) is 4.94. The zero-order valence-electron chi connectivity index (χ0n) is 11.6. The molecule has 1 aliphatic heterocycles. The van der Waals surface area contributed by atoms with Crippen molar-refractivity contribution in [1.82, 2.24) is 10.2 Å². The smallest absolute Gasteiger partial charge is 0.128 e. The van der Waals surface area contributed by atoms with Gasteiger partial charge < -0.3 is 5.32 Å². The second-order valence-electron chi connectivity index (χ2n) is 5.49. The Morgan fingerprint density at radius 3 is 2.89 bits per heavy atom. The molecule has 1 N–H and O–H groups in total. The molecule has 1 fully saturated rings. The van der Waals surface area contributed by atoms with Crippen molar-refractivity contribution in [3.63, 3.8) is 0 Å². The molecule has 0 bridgehead atoms. The molecule has 0 spiro atoms. The van der Waals surface area contributed by atoms with E-state index >= 15 is 0 Å². The van der Waals surface area contributed by atoms with Crippen LogP contribution in [0.1, 0.15) is 31.4 Å². The standard InChI is InChI=1S/C15H22F2N2/c1-11(14-8-13(16)5-6-15(14)17)19(2)10-12-4-3-7-18-9-12/h5-6,8,11-12,18H,3-4,7,9-10H2,1-2H3. The summed E-state index contributed by atoms with van der Waals surface area (Å²) in [6.07, 6.45) is 2.40. The Labute approximate surface area is 113 Å². The molecule has 2 rings (SSSR count). The fraction of sp³-hybridized carbons (Fsp3) is 0.600. The number of benzene rings is 1. The van der Waals surface area contributed by atoms with Crippen molar-refractivity contribution >= 4 is 0 Å². The Morgan fingerprint density at radius 2 is 2.21 bits per heavy atom. The number of rotatable bonds is 4. The first-order valence-corrected chi connectivity index (χ1v) is 6.94. The van der Waals surface area contributed by atoms with Crippen LogP contribution >= 0.6 is 0 Å². The Morgan fingerprint density at radius 1 is 1.42 bits per heavy atom. The average Bonchev–Trinajstić information content (AvgIpc) is 2.42. The minimum Gasteiger partial charge on any atom is -0.316 e. The minimum atomic E-state index is -0.379. The van der Waals surface area contributed by atoms with Gasteiger partial charge in [0.15, 0.2) is 0 Å². The largest absolute Gasteiger partial charge is 0.316 e. The molecule has 0 amide bonds. The van der Waals surface area contributed by atoms with Gasteiger partial charge in [-0.3, -0.25) is 4.90 Å². The maximum atomic E-state index is 13.8. The van der Waals surface area contributed by atoms with Gasteiger partial charge in [-0.15, -0.1) is 0 Å². The van der Waals surface area contributed by atoms with Gasteiger partial charge in [0.25, 0.3) is 0 Å². The first kappa shape index (κ1) is 14.4. The third-order valence-electron chi connectivity index (χ3n) is 4.01. The molecule has 0 aliphatic carbocycles. The fourth-order valence-electron chi connectivity index (χ4n) is 2.72. The molecule has 1 heterocycles. The number of piperidine rings is 1. The van der Waals surface area contributed by atoms with Crippen molar-refractivity contribution < 1.29 is 8.78 Å². The molecule has 0 radical (unpaired) electrons. The molecule has 1 saturated heterocycles. The highest BCUT2D eigenvalue weighted by Gasteiger charge is 2.21. The van der Waals surface area contributed by atoms with E-state index in [4.69, 9.17) is 0 Å². The van der Waals surface area contributed by atoms with E-state index in [-0.39, 0.29) is 17.7 Å². The summed E-state index contributed by atoms with van der Waals surface area (Å²) < 4.78 is 27.0. The monoisotopic (exact) mass is 268 g/mol. The van der Waals surface area contributed by atoms with E-state index in [0.29, 0.717) is 11.5 Å². The normalized spacial score (nSPS) is 21.6. The summed E-state index contributed by atoms with van der Waals surface area (Å²) in [5, 5.41) is 3.38. The minimum absolute atomic E-state index is 0.113. The van der Waals surface area contributed by atoms with E-state index in [1.165, 1.54) is 25.0 Å². The summed E-state index contributed by atoms with van der Waals surface area (Å²) in [5.41, 5.74) is 0.436. The maximum absolute atomic E-state index is 13.8. The SMILES string of the molecule is CC(c1cc(F)ccc1F)N(C)CC1CCCNC1. The fourth-order valence-corrected chi connectivity index (χ4v) is 2.72. The lowest BCUT2D eigenvalue weighted by Gasteiger charge is -2.31. The Kier molecular flexibility index (Phi) is 4.88. The second kappa shape index (κ2) is 6.44. The van der Waals surface area contributed by atoms with Crippen molar-refractivity contribution in [1.29, 1.82) is 0 Å². The van der Waals surface area contributed by atoms with Crippen molar-refractivity contribution in [2.75, 3.05) is 26.7 Å². The van der Waals surface area contributed by atoms with E-state index in [2.05, 4.69) is 10.2 Å². The lowest BCUT2D eigenvalue weighted by atomic mass is 9.97. The molecule has 2 unspecified atom stereocenters. The van der Waals surface area contributed by atoms with Crippen LogP contribution in [0.15, 0.2) is 18.2 Å². The highest BCUT2D eigenvalue weighted by Crippen LogP contribution is 2.24. The van der Waals surface area contributed by atoms with Crippen molar-refractivity contribution in [2.45, 2.75) is 25.8 Å². The van der Waals surface area contributed by atoms with Gasteiger partial charge in [0.05, 0.1) is 0 Å². The first-order chi connectivity index (χ1) is 9.08. The molecular formula is C15H22F2N2. The Bertz CT molecular complexity index is 417. The third kappa shape index (κ3) is 3.74. The molecule has 2 atom stereocenters. The van der Waals surface area contributed by atoms with E-state index in [1.807, 2.05) is 14.0 Å². The predicted molar refractivity (Wildman–Crippen MR) is 73.0 cm³/mol. The number of nitrogens with zero attached hydrogens (tertiary/aromatic N) is 1. The molecule has 19 heavy (non-hydrogen) atoms. The van der Waals surface area contributed by atoms with Gasteiger partial charge in [-0.1, -0.05) is 0 Å². The lowest BCUT2D eigenvalue weighted by molar-refractivity contribution is 0.196. The molecular weight excluding hydrogens is 246 g/mol. The Hall–Kier alpha value is -1.00. The molecule has 0 saturated carbocycles. The lowest BCUT2D eigenvalue weighted by Crippen LogP contribution is -2.37. The molecule has 2 nitrogen and oxygen atoms in total. The van der Waals surface area contributed by atoms with Crippen LogP contribution in [-0.2, 0) is 0 Å². The van der Waals surface area contributed by atoms with Crippen LogP contribution in [-0.4, -0.2) is 31.6 Å². The van der Waals surface area contributed by atoms with Crippen LogP contribution in [0.4, 0.5) is 8.78 Å². The highest BCUT2D eigenvalue weighted by atomic mass is 19.1. The van der Waals surface area contributed by atoms with Crippen molar-refractivity contribution in [3.8, 4) is 0 Å². The van der Waals surface area contributed by atoms with E-state index in [0.717, 1.165) is 25.7 Å². The second-order valence-corrected chi connectivity index (χ2v) is 5.49. The molecule has 1 aromatic carbocycles. The van der Waals surface area contributed by atoms with Gasteiger partial charge in [-0.25, -0.2) is 8.78 Å². The van der Waals surface area contributed by atoms with Crippen LogP contribution in [0.5, 0.6) is 0 Å². The number of halogens is 2. The summed E-state index contributed by atoms with van der Waals surface area (Å²) in [7, 11) is 1.98. The number of nitrogens with one attached hydrogen (secondary N) is 1. The van der Waals surface area contributed by atoms with Gasteiger partial charge in [0.2, 0.25) is 0 Å². The Balaban J connectivity index is 2.01. The molecule has 106 valence electrons. The third-order valence-corrected chi connectivity index (χ3v) is 4.01. The van der Waals surface area contributed by atoms with Crippen LogP contribution in [0.25, 0.3) is 0 Å². The first-order valence-electron chi connectivity index (χ1n) is 6.94. The van der Waals surface area contributed by atoms with Crippen LogP contribution in [0, 0.1) is 17.6 Å². The summed E-state index contributed by atoms with van der Waals surface area (Å²) >= 11 is 0. The van der Waals surface area contributed by atoms with Gasteiger partial charge >= 0.3 is 0 Å². The summed E-state index contributed by atoms with van der Waals surface area (Å²) in [5.74, 6) is -0.115. The van der Waals surface area contributed by atoms with Crippen LogP contribution < -0.4 is 5.32 Å². The van der Waals surface area contributed by atoms with E-state index in [9.17, 15) is 8.78 Å². The topological polar surface area (TPSA) is 15.3 Å². The summed E-state index contributed by atoms with van der Waals surface area (Å²) in [6, 6.07) is 3.56. The van der Waals surface area contributed by atoms with Crippen molar-refractivity contribution in [3.05, 3.63) is 35.4 Å². The zero-order chi connectivity index (χ0) is 13.8. The van der Waals surface area contributed by atoms with Gasteiger partial charge in [0, 0.05) is 18.2 Å². The molecule has 4 heteroatoms. The predicted octanol–water partition coefficient (Wildman–Crippen LogP) is 2.96. The highest BCUT2D eigenvalue weighted by molar-refractivity contribution is 5.21.